The zero-order chi connectivity index (χ0) is 30.9. The van der Waals surface area contributed by atoms with E-state index in [1.807, 2.05) is 0 Å². The summed E-state index contributed by atoms with van der Waals surface area (Å²) >= 11 is 0. The van der Waals surface area contributed by atoms with E-state index < -0.39 is 77.0 Å². The summed E-state index contributed by atoms with van der Waals surface area (Å²) in [5.41, 5.74) is -6.04. The maximum atomic E-state index is 13.7. The first kappa shape index (κ1) is 31.5. The predicted molar refractivity (Wildman–Crippen MR) is 128 cm³/mol. The van der Waals surface area contributed by atoms with Gasteiger partial charge in [-0.15, -0.1) is 5.11 Å². The number of anilines is 2. The van der Waals surface area contributed by atoms with Crippen LogP contribution >= 0.6 is 0 Å². The molecule has 2 aromatic rings. The highest BCUT2D eigenvalue weighted by Gasteiger charge is 2.43. The largest absolute Gasteiger partial charge is 0.449 e. The van der Waals surface area contributed by atoms with Crippen LogP contribution in [0.5, 0.6) is 0 Å². The number of amidine groups is 1. The quantitative estimate of drug-likeness (QED) is 0.0937. The predicted octanol–water partition coefficient (Wildman–Crippen LogP) is 7.35. The van der Waals surface area contributed by atoms with Gasteiger partial charge in [0.05, 0.1) is 40.7 Å². The third kappa shape index (κ3) is 6.65. The summed E-state index contributed by atoms with van der Waals surface area (Å²) in [6, 6.07) is -0.111. The van der Waals surface area contributed by atoms with Gasteiger partial charge in [-0.05, 0) is 55.3 Å². The number of amides is 1. The summed E-state index contributed by atoms with van der Waals surface area (Å²) in [7, 11) is 0. The Hall–Kier alpha value is -4.05. The molecule has 2 aromatic carbocycles. The normalized spacial score (nSPS) is 17.0. The van der Waals surface area contributed by atoms with Crippen molar-refractivity contribution in [2.75, 3.05) is 23.0 Å². The molecule has 0 bridgehead atoms. The lowest BCUT2D eigenvalue weighted by Crippen LogP contribution is -2.53. The van der Waals surface area contributed by atoms with Crippen molar-refractivity contribution in [2.24, 2.45) is 16.2 Å². The topological polar surface area (TPSA) is 107 Å². The number of carbonyl (C=O) groups excluding carboxylic acids is 1. The first-order valence-corrected chi connectivity index (χ1v) is 11.9. The van der Waals surface area contributed by atoms with E-state index in [2.05, 4.69) is 10.3 Å². The number of rotatable bonds is 5. The average Bonchev–Trinajstić information content (AvgIpc) is 2.86. The van der Waals surface area contributed by atoms with Gasteiger partial charge in [-0.3, -0.25) is 10.3 Å². The molecule has 0 aromatic heterocycles. The average molecular weight is 598 g/mol. The molecule has 0 radical (unpaired) electrons. The van der Waals surface area contributed by atoms with Gasteiger partial charge in [0.1, 0.15) is 6.04 Å². The van der Waals surface area contributed by atoms with E-state index in [9.17, 15) is 44.3 Å². The molecule has 0 fully saturated rings. The molecule has 1 aliphatic heterocycles. The van der Waals surface area contributed by atoms with Gasteiger partial charge in [0.2, 0.25) is 0 Å². The molecule has 3 N–H and O–H groups in total. The monoisotopic (exact) mass is 598 g/mol. The maximum absolute atomic E-state index is 13.7. The van der Waals surface area contributed by atoms with Gasteiger partial charge in [0.15, 0.2) is 5.84 Å². The van der Waals surface area contributed by atoms with Crippen LogP contribution < -0.4 is 15.6 Å². The number of hydrogen-bond donors (Lipinski definition) is 2. The number of hydrogen-bond acceptors (Lipinski definition) is 5. The standard InChI is InChI=1S/C24H23F9N6O2/c1-3-16-11-38(18-10-13(22(25,26)27)5-6-17(18)39(16)21(40)41-4-2)19(20(34)36-37-35)12-7-14(23(28,29)30)9-15(8-12)24(31,32)33/h5-10,16,19H,3-4,11H2,1-2H3,(H3,34,35,36). The Morgan fingerprint density at radius 3 is 1.98 bits per heavy atom. The molecule has 1 heterocycles. The van der Waals surface area contributed by atoms with Gasteiger partial charge in [-0.2, -0.15) is 39.5 Å². The lowest BCUT2D eigenvalue weighted by Gasteiger charge is -2.45. The van der Waals surface area contributed by atoms with E-state index >= 15 is 0 Å². The number of nitrogens with zero attached hydrogens (tertiary/aromatic N) is 4. The summed E-state index contributed by atoms with van der Waals surface area (Å²) in [6.07, 6.45) is -16.2. The Bertz CT molecular complexity index is 1290. The van der Waals surface area contributed by atoms with E-state index in [0.29, 0.717) is 24.3 Å². The van der Waals surface area contributed by atoms with Gasteiger partial charge >= 0.3 is 24.6 Å². The number of ether oxygens (including phenoxy) is 1. The summed E-state index contributed by atoms with van der Waals surface area (Å²) in [4.78, 5) is 14.8. The number of nitrogens with one attached hydrogen (secondary N) is 1. The van der Waals surface area contributed by atoms with Crippen LogP contribution in [0.25, 0.3) is 0 Å². The molecule has 3 rings (SSSR count). The van der Waals surface area contributed by atoms with Crippen LogP contribution in [0.4, 0.5) is 55.7 Å². The van der Waals surface area contributed by atoms with Gasteiger partial charge in [0, 0.05) is 6.54 Å². The van der Waals surface area contributed by atoms with Crippen molar-refractivity contribution < 1.29 is 49.0 Å². The maximum Gasteiger partial charge on any atom is 0.416 e. The molecule has 1 aliphatic rings. The fourth-order valence-corrected chi connectivity index (χ4v) is 4.47. The number of alkyl halides is 9. The SMILES string of the molecule is CCOC(=O)N1c2ccc(C(F)(F)F)cc2N(C(C(=N)N=NN)c2cc(C(F)(F)F)cc(C(F)(F)F)c2)CC1CC. The molecular weight excluding hydrogens is 575 g/mol. The highest BCUT2D eigenvalue weighted by molar-refractivity contribution is 5.97. The van der Waals surface area contributed by atoms with E-state index in [4.69, 9.17) is 16.0 Å². The summed E-state index contributed by atoms with van der Waals surface area (Å²) in [5, 5.41) is 14.5. The minimum Gasteiger partial charge on any atom is -0.449 e. The molecule has 0 spiro atoms. The van der Waals surface area contributed by atoms with Crippen molar-refractivity contribution in [1.29, 1.82) is 5.41 Å². The zero-order valence-electron chi connectivity index (χ0n) is 21.3. The van der Waals surface area contributed by atoms with Crippen molar-refractivity contribution >= 4 is 23.3 Å². The minimum atomic E-state index is -5.26. The van der Waals surface area contributed by atoms with E-state index in [1.165, 1.54) is 6.92 Å². The van der Waals surface area contributed by atoms with Crippen LogP contribution in [0.3, 0.4) is 0 Å². The van der Waals surface area contributed by atoms with Crippen LogP contribution in [0.2, 0.25) is 0 Å². The van der Waals surface area contributed by atoms with Gasteiger partial charge in [-0.1, -0.05) is 12.1 Å². The van der Waals surface area contributed by atoms with E-state index in [1.54, 1.807) is 6.92 Å². The van der Waals surface area contributed by atoms with Crippen LogP contribution in [-0.4, -0.2) is 31.1 Å². The fraction of sp³-hybridized carbons (Fsp3) is 0.417. The Balaban J connectivity index is 2.39. The van der Waals surface area contributed by atoms with Gasteiger partial charge in [0.25, 0.3) is 0 Å². The second-order valence-corrected chi connectivity index (χ2v) is 8.83. The number of halogens is 9. The Labute approximate surface area is 227 Å². The van der Waals surface area contributed by atoms with Crippen molar-refractivity contribution in [2.45, 2.75) is 50.9 Å². The first-order valence-electron chi connectivity index (χ1n) is 11.9. The molecule has 0 saturated carbocycles. The van der Waals surface area contributed by atoms with Gasteiger partial charge < -0.3 is 15.5 Å². The summed E-state index contributed by atoms with van der Waals surface area (Å²) < 4.78 is 128. The van der Waals surface area contributed by atoms with Crippen LogP contribution in [0.1, 0.15) is 48.6 Å². The van der Waals surface area contributed by atoms with Crippen LogP contribution in [0, 0.1) is 5.41 Å². The van der Waals surface area contributed by atoms with Crippen LogP contribution in [0.15, 0.2) is 46.7 Å². The molecule has 41 heavy (non-hydrogen) atoms. The zero-order valence-corrected chi connectivity index (χ0v) is 21.3. The Morgan fingerprint density at radius 1 is 0.951 bits per heavy atom. The van der Waals surface area contributed by atoms with E-state index in [-0.39, 0.29) is 24.8 Å². The van der Waals surface area contributed by atoms with Crippen LogP contribution in [-0.2, 0) is 23.3 Å². The minimum absolute atomic E-state index is 0.0972. The highest BCUT2D eigenvalue weighted by Crippen LogP contribution is 2.46. The smallest absolute Gasteiger partial charge is 0.416 e. The third-order valence-electron chi connectivity index (χ3n) is 6.24. The fourth-order valence-electron chi connectivity index (χ4n) is 4.47. The number of carbonyl (C=O) groups is 1. The molecule has 8 nitrogen and oxygen atoms in total. The Kier molecular flexibility index (Phi) is 8.78. The third-order valence-corrected chi connectivity index (χ3v) is 6.24. The number of benzene rings is 2. The van der Waals surface area contributed by atoms with E-state index in [0.717, 1.165) is 15.9 Å². The first-order chi connectivity index (χ1) is 18.9. The number of nitrogens with two attached hydrogens (primary N) is 1. The Morgan fingerprint density at radius 2 is 1.51 bits per heavy atom. The lowest BCUT2D eigenvalue weighted by molar-refractivity contribution is -0.143. The van der Waals surface area contributed by atoms with Gasteiger partial charge in [-0.25, -0.2) is 4.79 Å². The highest BCUT2D eigenvalue weighted by atomic mass is 19.4. The second-order valence-electron chi connectivity index (χ2n) is 8.83. The molecule has 2 unspecified atom stereocenters. The summed E-state index contributed by atoms with van der Waals surface area (Å²) in [5.74, 6) is 4.05. The molecule has 2 atom stereocenters. The molecule has 224 valence electrons. The lowest BCUT2D eigenvalue weighted by atomic mass is 9.94. The second kappa shape index (κ2) is 11.4. The van der Waals surface area contributed by atoms with Crippen molar-refractivity contribution in [1.82, 2.24) is 0 Å². The molecular formula is C24H23F9N6O2. The number of fused-ring (bicyclic) bond motifs is 1. The summed E-state index contributed by atoms with van der Waals surface area (Å²) in [6.45, 7) is 2.55. The van der Waals surface area contributed by atoms with Crippen molar-refractivity contribution in [3.05, 3.63) is 58.7 Å². The van der Waals surface area contributed by atoms with Crippen molar-refractivity contribution in [3.63, 3.8) is 0 Å². The molecule has 1 amide bonds. The van der Waals surface area contributed by atoms with Crippen molar-refractivity contribution in [3.8, 4) is 0 Å². The molecule has 0 aliphatic carbocycles. The molecule has 0 saturated heterocycles. The molecule has 17 heteroatoms.